The number of nitrogens with zero attached hydrogens (tertiary/aromatic N) is 2. The molecule has 0 spiro atoms. The maximum absolute atomic E-state index is 8.92. The van der Waals surface area contributed by atoms with Crippen molar-refractivity contribution < 1.29 is 9.84 Å². The van der Waals surface area contributed by atoms with Crippen LogP contribution < -0.4 is 0 Å². The molecule has 2 heterocycles. The minimum absolute atomic E-state index is 0.0697. The third-order valence-electron chi connectivity index (χ3n) is 2.27. The summed E-state index contributed by atoms with van der Waals surface area (Å²) >= 11 is 1.53. The number of ether oxygens (including phenoxy) is 1. The first-order valence-electron chi connectivity index (χ1n) is 4.65. The molecule has 0 aromatic carbocycles. The normalized spacial score (nSPS) is 24.0. The third kappa shape index (κ3) is 2.12. The predicted molar refractivity (Wildman–Crippen MR) is 54.2 cm³/mol. The Labute approximate surface area is 87.1 Å². The van der Waals surface area contributed by atoms with Crippen LogP contribution in [0.3, 0.4) is 0 Å². The summed E-state index contributed by atoms with van der Waals surface area (Å²) in [4.78, 5) is 7.38. The Morgan fingerprint density at radius 3 is 3.29 bits per heavy atom. The van der Waals surface area contributed by atoms with E-state index in [0.717, 1.165) is 29.6 Å². The maximum atomic E-state index is 8.92. The molecule has 1 fully saturated rings. The van der Waals surface area contributed by atoms with Gasteiger partial charge in [0, 0.05) is 19.3 Å². The van der Waals surface area contributed by atoms with E-state index < -0.39 is 0 Å². The molecule has 1 aromatic rings. The Balaban J connectivity index is 2.06. The van der Waals surface area contributed by atoms with Crippen molar-refractivity contribution in [3.05, 3.63) is 16.1 Å². The highest BCUT2D eigenvalue weighted by atomic mass is 32.1. The van der Waals surface area contributed by atoms with Crippen molar-refractivity contribution in [3.63, 3.8) is 0 Å². The summed E-state index contributed by atoms with van der Waals surface area (Å²) in [6.45, 7) is 2.70. The van der Waals surface area contributed by atoms with E-state index in [2.05, 4.69) is 16.9 Å². The summed E-state index contributed by atoms with van der Waals surface area (Å²) in [6, 6.07) is 0. The van der Waals surface area contributed by atoms with Gasteiger partial charge >= 0.3 is 0 Å². The van der Waals surface area contributed by atoms with Crippen molar-refractivity contribution in [1.29, 1.82) is 0 Å². The predicted octanol–water partition coefficient (Wildman–Crippen LogP) is 0.639. The van der Waals surface area contributed by atoms with Gasteiger partial charge in [0.1, 0.15) is 11.1 Å². The summed E-state index contributed by atoms with van der Waals surface area (Å²) in [5, 5.41) is 9.89. The molecular weight excluding hydrogens is 200 g/mol. The van der Waals surface area contributed by atoms with Gasteiger partial charge in [-0.05, 0) is 7.05 Å². The molecule has 78 valence electrons. The van der Waals surface area contributed by atoms with Gasteiger partial charge in [0.2, 0.25) is 0 Å². The van der Waals surface area contributed by atoms with Gasteiger partial charge in [-0.15, -0.1) is 11.3 Å². The molecular formula is C9H14N2O2S. The topological polar surface area (TPSA) is 45.6 Å². The zero-order chi connectivity index (χ0) is 9.97. The quantitative estimate of drug-likeness (QED) is 0.784. The Morgan fingerprint density at radius 2 is 2.64 bits per heavy atom. The molecule has 14 heavy (non-hydrogen) atoms. The van der Waals surface area contributed by atoms with Gasteiger partial charge < -0.3 is 14.7 Å². The molecule has 5 heteroatoms. The standard InChI is InChI=1S/C9H14N2O2S/c1-11-2-3-13-8(5-11)9-10-4-7(6-12)14-9/h4,8,12H,2-3,5-6H2,1H3. The number of aliphatic hydroxyl groups is 1. The molecule has 0 aliphatic carbocycles. The van der Waals surface area contributed by atoms with E-state index in [0.29, 0.717) is 0 Å². The van der Waals surface area contributed by atoms with Crippen molar-refractivity contribution in [2.45, 2.75) is 12.7 Å². The van der Waals surface area contributed by atoms with Crippen LogP contribution in [-0.2, 0) is 11.3 Å². The van der Waals surface area contributed by atoms with Gasteiger partial charge in [0.25, 0.3) is 0 Å². The Hall–Kier alpha value is -0.490. The van der Waals surface area contributed by atoms with Crippen LogP contribution in [0.5, 0.6) is 0 Å². The first-order chi connectivity index (χ1) is 6.79. The summed E-state index contributed by atoms with van der Waals surface area (Å²) in [6.07, 6.45) is 1.80. The Kier molecular flexibility index (Phi) is 3.12. The fraction of sp³-hybridized carbons (Fsp3) is 0.667. The molecule has 0 amide bonds. The molecule has 0 saturated carbocycles. The van der Waals surface area contributed by atoms with E-state index >= 15 is 0 Å². The zero-order valence-electron chi connectivity index (χ0n) is 8.14. The van der Waals surface area contributed by atoms with Crippen LogP contribution in [0, 0.1) is 0 Å². The molecule has 1 unspecified atom stereocenters. The van der Waals surface area contributed by atoms with E-state index in [4.69, 9.17) is 9.84 Å². The highest BCUT2D eigenvalue weighted by Gasteiger charge is 2.22. The van der Waals surface area contributed by atoms with Crippen molar-refractivity contribution in [2.24, 2.45) is 0 Å². The molecule has 1 aliphatic rings. The molecule has 1 aromatic heterocycles. The molecule has 1 atom stereocenters. The van der Waals surface area contributed by atoms with Crippen LogP contribution in [0.25, 0.3) is 0 Å². The summed E-state index contributed by atoms with van der Waals surface area (Å²) in [5.41, 5.74) is 0. The lowest BCUT2D eigenvalue weighted by molar-refractivity contribution is -0.0209. The highest BCUT2D eigenvalue weighted by Crippen LogP contribution is 2.25. The Morgan fingerprint density at radius 1 is 1.79 bits per heavy atom. The molecule has 0 bridgehead atoms. The number of hydrogen-bond acceptors (Lipinski definition) is 5. The molecule has 0 radical (unpaired) electrons. The second-order valence-electron chi connectivity index (χ2n) is 3.44. The molecule has 2 rings (SSSR count). The number of thiazole rings is 1. The number of likely N-dealkylation sites (N-methyl/N-ethyl adjacent to an activating group) is 1. The van der Waals surface area contributed by atoms with Crippen LogP contribution in [-0.4, -0.2) is 41.7 Å². The summed E-state index contributed by atoms with van der Waals surface area (Å²) in [7, 11) is 2.08. The van der Waals surface area contributed by atoms with Gasteiger partial charge in [-0.3, -0.25) is 0 Å². The van der Waals surface area contributed by atoms with Crippen molar-refractivity contribution >= 4 is 11.3 Å². The van der Waals surface area contributed by atoms with Crippen molar-refractivity contribution in [1.82, 2.24) is 9.88 Å². The number of rotatable bonds is 2. The van der Waals surface area contributed by atoms with E-state index in [9.17, 15) is 0 Å². The first-order valence-corrected chi connectivity index (χ1v) is 5.47. The lowest BCUT2D eigenvalue weighted by Gasteiger charge is -2.28. The van der Waals surface area contributed by atoms with Crippen LogP contribution in [0.1, 0.15) is 16.0 Å². The summed E-state index contributed by atoms with van der Waals surface area (Å²) in [5.74, 6) is 0. The maximum Gasteiger partial charge on any atom is 0.123 e. The average Bonchev–Trinajstić information content (AvgIpc) is 2.66. The minimum Gasteiger partial charge on any atom is -0.391 e. The third-order valence-corrected chi connectivity index (χ3v) is 3.35. The zero-order valence-corrected chi connectivity index (χ0v) is 8.96. The number of aliphatic hydroxyl groups excluding tert-OH is 1. The molecule has 1 saturated heterocycles. The van der Waals surface area contributed by atoms with E-state index in [1.54, 1.807) is 6.20 Å². The van der Waals surface area contributed by atoms with Gasteiger partial charge in [-0.2, -0.15) is 0 Å². The molecule has 1 N–H and O–H groups in total. The number of aromatic nitrogens is 1. The van der Waals surface area contributed by atoms with Gasteiger partial charge in [-0.1, -0.05) is 0 Å². The van der Waals surface area contributed by atoms with E-state index in [1.165, 1.54) is 11.3 Å². The van der Waals surface area contributed by atoms with Crippen LogP contribution in [0.2, 0.25) is 0 Å². The largest absolute Gasteiger partial charge is 0.391 e. The average molecular weight is 214 g/mol. The van der Waals surface area contributed by atoms with Gasteiger partial charge in [-0.25, -0.2) is 4.98 Å². The molecule has 1 aliphatic heterocycles. The molecule has 4 nitrogen and oxygen atoms in total. The van der Waals surface area contributed by atoms with E-state index in [1.807, 2.05) is 0 Å². The number of hydrogen-bond donors (Lipinski definition) is 1. The fourth-order valence-electron chi connectivity index (χ4n) is 1.47. The first kappa shape index (κ1) is 10.0. The Bertz CT molecular complexity index is 303. The van der Waals surface area contributed by atoms with Crippen LogP contribution in [0.15, 0.2) is 6.20 Å². The van der Waals surface area contributed by atoms with Crippen LogP contribution in [0.4, 0.5) is 0 Å². The van der Waals surface area contributed by atoms with Crippen molar-refractivity contribution in [2.75, 3.05) is 26.7 Å². The van der Waals surface area contributed by atoms with Crippen molar-refractivity contribution in [3.8, 4) is 0 Å². The lowest BCUT2D eigenvalue weighted by atomic mass is 10.3. The van der Waals surface area contributed by atoms with E-state index in [-0.39, 0.29) is 12.7 Å². The SMILES string of the molecule is CN1CCOC(c2ncc(CO)s2)C1. The minimum atomic E-state index is 0.0697. The summed E-state index contributed by atoms with van der Waals surface area (Å²) < 4.78 is 5.62. The second-order valence-corrected chi connectivity index (χ2v) is 4.59. The number of morpholine rings is 1. The van der Waals surface area contributed by atoms with Crippen LogP contribution >= 0.6 is 11.3 Å². The lowest BCUT2D eigenvalue weighted by Crippen LogP contribution is -2.35. The smallest absolute Gasteiger partial charge is 0.123 e. The fourth-order valence-corrected chi connectivity index (χ4v) is 2.29. The second kappa shape index (κ2) is 4.35. The van der Waals surface area contributed by atoms with Gasteiger partial charge in [0.05, 0.1) is 18.1 Å². The monoisotopic (exact) mass is 214 g/mol. The van der Waals surface area contributed by atoms with Gasteiger partial charge in [0.15, 0.2) is 0 Å². The highest BCUT2D eigenvalue weighted by molar-refractivity contribution is 7.11.